The lowest BCUT2D eigenvalue weighted by molar-refractivity contribution is 0.416. The zero-order chi connectivity index (χ0) is 10.8. The Morgan fingerprint density at radius 3 is 2.47 bits per heavy atom. The Balaban J connectivity index is 2.30. The van der Waals surface area contributed by atoms with E-state index in [1.54, 1.807) is 19.1 Å². The Morgan fingerprint density at radius 1 is 1.13 bits per heavy atom. The summed E-state index contributed by atoms with van der Waals surface area (Å²) in [6.45, 7) is 3.76. The summed E-state index contributed by atoms with van der Waals surface area (Å²) in [5, 5.41) is 22.8. The average molecular weight is 207 g/mol. The molecule has 1 saturated heterocycles. The van der Waals surface area contributed by atoms with E-state index in [4.69, 9.17) is 0 Å². The summed E-state index contributed by atoms with van der Waals surface area (Å²) in [4.78, 5) is 0. The van der Waals surface area contributed by atoms with Gasteiger partial charge < -0.3 is 15.5 Å². The van der Waals surface area contributed by atoms with Gasteiger partial charge >= 0.3 is 0 Å². The average Bonchev–Trinajstić information content (AvgIpc) is 2.25. The molecule has 15 heavy (non-hydrogen) atoms. The van der Waals surface area contributed by atoms with E-state index in [0.717, 1.165) is 37.1 Å². The van der Waals surface area contributed by atoms with Crippen LogP contribution in [-0.2, 0) is 0 Å². The number of aryl methyl sites for hydroxylation is 1. The molecule has 3 N–H and O–H groups in total. The van der Waals surface area contributed by atoms with Gasteiger partial charge in [0.2, 0.25) is 0 Å². The zero-order valence-corrected chi connectivity index (χ0v) is 8.95. The van der Waals surface area contributed by atoms with Crippen LogP contribution >= 0.6 is 0 Å². The number of rotatable bonds is 1. The lowest BCUT2D eigenvalue weighted by atomic mass is 9.89. The molecule has 0 atom stereocenters. The minimum absolute atomic E-state index is 0.279. The molecule has 2 rings (SSSR count). The van der Waals surface area contributed by atoms with E-state index in [9.17, 15) is 10.2 Å². The predicted octanol–water partition coefficient (Wildman–Crippen LogP) is 1.87. The van der Waals surface area contributed by atoms with Crippen molar-refractivity contribution in [2.24, 2.45) is 0 Å². The van der Waals surface area contributed by atoms with Crippen molar-refractivity contribution in [2.45, 2.75) is 25.7 Å². The Bertz CT molecular complexity index is 357. The van der Waals surface area contributed by atoms with Crippen LogP contribution in [0.5, 0.6) is 11.5 Å². The van der Waals surface area contributed by atoms with Crippen LogP contribution in [0, 0.1) is 6.92 Å². The highest BCUT2D eigenvalue weighted by molar-refractivity contribution is 5.46. The van der Waals surface area contributed by atoms with Crippen molar-refractivity contribution >= 4 is 0 Å². The van der Waals surface area contributed by atoms with Crippen molar-refractivity contribution in [3.05, 3.63) is 23.3 Å². The molecule has 3 nitrogen and oxygen atoms in total. The summed E-state index contributed by atoms with van der Waals surface area (Å²) in [6.07, 6.45) is 2.05. The quantitative estimate of drug-likeness (QED) is 0.616. The fraction of sp³-hybridized carbons (Fsp3) is 0.500. The number of hydrogen-bond acceptors (Lipinski definition) is 3. The van der Waals surface area contributed by atoms with E-state index in [1.165, 1.54) is 0 Å². The molecule has 0 saturated carbocycles. The van der Waals surface area contributed by atoms with Gasteiger partial charge in [0.25, 0.3) is 0 Å². The van der Waals surface area contributed by atoms with Gasteiger partial charge in [-0.15, -0.1) is 0 Å². The molecule has 0 aromatic heterocycles. The number of benzene rings is 1. The topological polar surface area (TPSA) is 52.5 Å². The fourth-order valence-electron chi connectivity index (χ4n) is 2.16. The normalized spacial score (nSPS) is 17.9. The Morgan fingerprint density at radius 2 is 1.80 bits per heavy atom. The smallest absolute Gasteiger partial charge is 0.119 e. The number of phenols is 2. The Labute approximate surface area is 89.8 Å². The maximum Gasteiger partial charge on any atom is 0.119 e. The Kier molecular flexibility index (Phi) is 2.82. The first-order valence-corrected chi connectivity index (χ1v) is 5.41. The van der Waals surface area contributed by atoms with Crippen molar-refractivity contribution in [2.75, 3.05) is 13.1 Å². The van der Waals surface area contributed by atoms with Gasteiger partial charge in [0.05, 0.1) is 0 Å². The Hall–Kier alpha value is -1.22. The van der Waals surface area contributed by atoms with Gasteiger partial charge in [-0.05, 0) is 56.5 Å². The molecule has 0 spiro atoms. The summed E-state index contributed by atoms with van der Waals surface area (Å²) in [7, 11) is 0. The third-order valence-corrected chi connectivity index (χ3v) is 3.12. The first-order chi connectivity index (χ1) is 7.18. The highest BCUT2D eigenvalue weighted by Gasteiger charge is 2.19. The maximum absolute atomic E-state index is 9.84. The van der Waals surface area contributed by atoms with Gasteiger partial charge in [0.1, 0.15) is 11.5 Å². The second kappa shape index (κ2) is 4.11. The largest absolute Gasteiger partial charge is 0.508 e. The lowest BCUT2D eigenvalue weighted by Gasteiger charge is -2.24. The third kappa shape index (κ3) is 2.07. The van der Waals surface area contributed by atoms with Gasteiger partial charge in [-0.2, -0.15) is 0 Å². The molecule has 0 bridgehead atoms. The van der Waals surface area contributed by atoms with Gasteiger partial charge in [-0.25, -0.2) is 0 Å². The van der Waals surface area contributed by atoms with Crippen LogP contribution in [0.15, 0.2) is 12.1 Å². The molecular weight excluding hydrogens is 190 g/mol. The van der Waals surface area contributed by atoms with E-state index in [1.807, 2.05) is 0 Å². The molecule has 1 fully saturated rings. The molecule has 1 heterocycles. The molecular formula is C12H17NO2. The van der Waals surface area contributed by atoms with Crippen LogP contribution in [0.3, 0.4) is 0 Å². The van der Waals surface area contributed by atoms with Gasteiger partial charge in [0.15, 0.2) is 0 Å². The summed E-state index contributed by atoms with van der Waals surface area (Å²) in [6, 6.07) is 3.35. The molecule has 0 unspecified atom stereocenters. The van der Waals surface area contributed by atoms with Crippen molar-refractivity contribution < 1.29 is 10.2 Å². The van der Waals surface area contributed by atoms with Crippen LogP contribution in [-0.4, -0.2) is 23.3 Å². The second-order valence-corrected chi connectivity index (χ2v) is 4.22. The molecule has 1 aromatic rings. The van der Waals surface area contributed by atoms with Crippen molar-refractivity contribution in [3.63, 3.8) is 0 Å². The predicted molar refractivity (Wildman–Crippen MR) is 59.4 cm³/mol. The van der Waals surface area contributed by atoms with E-state index < -0.39 is 0 Å². The molecule has 0 amide bonds. The molecule has 82 valence electrons. The van der Waals surface area contributed by atoms with E-state index in [2.05, 4.69) is 5.32 Å². The second-order valence-electron chi connectivity index (χ2n) is 4.22. The summed E-state index contributed by atoms with van der Waals surface area (Å²) in [5.41, 5.74) is 1.62. The minimum Gasteiger partial charge on any atom is -0.508 e. The number of nitrogens with one attached hydrogen (secondary N) is 1. The summed E-state index contributed by atoms with van der Waals surface area (Å²) in [5.74, 6) is 0.969. The standard InChI is InChI=1S/C12H17NO2/c1-8-6-12(15)10(7-11(8)14)9-2-4-13-5-3-9/h6-7,9,13-15H,2-5H2,1H3. The van der Waals surface area contributed by atoms with Gasteiger partial charge in [0, 0.05) is 5.56 Å². The van der Waals surface area contributed by atoms with Crippen molar-refractivity contribution in [1.82, 2.24) is 5.32 Å². The number of aromatic hydroxyl groups is 2. The molecule has 0 radical (unpaired) electrons. The maximum atomic E-state index is 9.84. The molecule has 1 aliphatic heterocycles. The van der Waals surface area contributed by atoms with Crippen molar-refractivity contribution in [1.29, 1.82) is 0 Å². The highest BCUT2D eigenvalue weighted by Crippen LogP contribution is 2.35. The first-order valence-electron chi connectivity index (χ1n) is 5.41. The van der Waals surface area contributed by atoms with Crippen LogP contribution in [0.2, 0.25) is 0 Å². The lowest BCUT2D eigenvalue weighted by Crippen LogP contribution is -2.26. The molecule has 1 aliphatic rings. The van der Waals surface area contributed by atoms with E-state index in [-0.39, 0.29) is 5.75 Å². The number of hydrogen-bond donors (Lipinski definition) is 3. The SMILES string of the molecule is Cc1cc(O)c(C2CCNCC2)cc1O. The zero-order valence-electron chi connectivity index (χ0n) is 8.95. The summed E-state index contributed by atoms with van der Waals surface area (Å²) >= 11 is 0. The molecule has 0 aliphatic carbocycles. The minimum atomic E-state index is 0.279. The fourth-order valence-corrected chi connectivity index (χ4v) is 2.16. The monoisotopic (exact) mass is 207 g/mol. The van der Waals surface area contributed by atoms with Crippen LogP contribution in [0.25, 0.3) is 0 Å². The third-order valence-electron chi connectivity index (χ3n) is 3.12. The van der Waals surface area contributed by atoms with Gasteiger partial charge in [-0.3, -0.25) is 0 Å². The number of phenolic OH excluding ortho intramolecular Hbond substituents is 2. The van der Waals surface area contributed by atoms with Gasteiger partial charge in [-0.1, -0.05) is 0 Å². The summed E-state index contributed by atoms with van der Waals surface area (Å²) < 4.78 is 0. The number of piperidine rings is 1. The van der Waals surface area contributed by atoms with E-state index >= 15 is 0 Å². The highest BCUT2D eigenvalue weighted by atomic mass is 16.3. The van der Waals surface area contributed by atoms with Crippen LogP contribution in [0.4, 0.5) is 0 Å². The van der Waals surface area contributed by atoms with Crippen LogP contribution in [0.1, 0.15) is 29.9 Å². The van der Waals surface area contributed by atoms with Crippen molar-refractivity contribution in [3.8, 4) is 11.5 Å². The van der Waals surface area contributed by atoms with E-state index in [0.29, 0.717) is 11.7 Å². The molecule has 1 aromatic carbocycles. The first kappa shape index (κ1) is 10.3. The molecule has 3 heteroatoms. The van der Waals surface area contributed by atoms with Crippen LogP contribution < -0.4 is 5.32 Å².